The van der Waals surface area contributed by atoms with Crippen molar-refractivity contribution in [3.05, 3.63) is 84.4 Å². The Morgan fingerprint density at radius 3 is 2.32 bits per heavy atom. The number of benzene rings is 3. The number of hydrogen-bond acceptors (Lipinski definition) is 4. The number of rotatable bonds is 8. The van der Waals surface area contributed by atoms with Gasteiger partial charge in [-0.25, -0.2) is 0 Å². The minimum Gasteiger partial charge on any atom is -0.497 e. The van der Waals surface area contributed by atoms with Crippen molar-refractivity contribution in [2.24, 2.45) is 0 Å². The Bertz CT molecular complexity index is 897. The maximum Gasteiger partial charge on any atom is 0.242 e. The summed E-state index contributed by atoms with van der Waals surface area (Å²) in [5.41, 5.74) is 1.61. The maximum absolute atomic E-state index is 13.2. The Morgan fingerprint density at radius 1 is 0.964 bits per heavy atom. The lowest BCUT2D eigenvalue weighted by Crippen LogP contribution is -2.19. The fourth-order valence-electron chi connectivity index (χ4n) is 2.74. The predicted octanol–water partition coefficient (Wildman–Crippen LogP) is 5.57. The zero-order valence-electron chi connectivity index (χ0n) is 15.9. The van der Waals surface area contributed by atoms with E-state index >= 15 is 0 Å². The molecule has 1 N–H and O–H groups in total. The number of para-hydroxylation sites is 2. The molecule has 1 amide bonds. The van der Waals surface area contributed by atoms with Crippen molar-refractivity contribution in [3.63, 3.8) is 0 Å². The van der Waals surface area contributed by atoms with E-state index in [0.717, 1.165) is 16.2 Å². The molecule has 0 aromatic heterocycles. The summed E-state index contributed by atoms with van der Waals surface area (Å²) in [7, 11) is 1.64. The first-order chi connectivity index (χ1) is 13.7. The summed E-state index contributed by atoms with van der Waals surface area (Å²) >= 11 is 1.50. The van der Waals surface area contributed by atoms with Crippen molar-refractivity contribution < 1.29 is 14.3 Å². The Kier molecular flexibility index (Phi) is 6.98. The van der Waals surface area contributed by atoms with Crippen LogP contribution in [-0.4, -0.2) is 19.6 Å². The van der Waals surface area contributed by atoms with Gasteiger partial charge < -0.3 is 14.8 Å². The lowest BCUT2D eigenvalue weighted by molar-refractivity contribution is -0.115. The molecule has 0 saturated carbocycles. The molecule has 144 valence electrons. The van der Waals surface area contributed by atoms with Crippen LogP contribution >= 0.6 is 11.8 Å². The summed E-state index contributed by atoms with van der Waals surface area (Å²) in [6.45, 7) is 2.46. The number of nitrogens with one attached hydrogen (secondary N) is 1. The van der Waals surface area contributed by atoms with Crippen LogP contribution in [0.4, 0.5) is 5.69 Å². The summed E-state index contributed by atoms with van der Waals surface area (Å²) in [5, 5.41) is 2.63. The smallest absolute Gasteiger partial charge is 0.242 e. The molecular formula is C23H23NO3S. The summed E-state index contributed by atoms with van der Waals surface area (Å²) < 4.78 is 10.9. The highest BCUT2D eigenvalue weighted by atomic mass is 32.2. The highest BCUT2D eigenvalue weighted by Gasteiger charge is 2.23. The van der Waals surface area contributed by atoms with Crippen LogP contribution in [0.5, 0.6) is 11.5 Å². The molecule has 0 saturated heterocycles. The Labute approximate surface area is 169 Å². The van der Waals surface area contributed by atoms with Gasteiger partial charge in [0.05, 0.1) is 19.4 Å². The van der Waals surface area contributed by atoms with Crippen LogP contribution in [0.25, 0.3) is 0 Å². The van der Waals surface area contributed by atoms with Crippen LogP contribution in [0.15, 0.2) is 83.8 Å². The van der Waals surface area contributed by atoms with Gasteiger partial charge in [-0.3, -0.25) is 4.79 Å². The molecule has 0 radical (unpaired) electrons. The molecule has 3 aromatic rings. The Balaban J connectivity index is 1.85. The van der Waals surface area contributed by atoms with E-state index in [1.54, 1.807) is 7.11 Å². The van der Waals surface area contributed by atoms with Crippen LogP contribution in [-0.2, 0) is 4.79 Å². The molecule has 0 bridgehead atoms. The third-order valence-electron chi connectivity index (χ3n) is 4.10. The van der Waals surface area contributed by atoms with Gasteiger partial charge in [-0.1, -0.05) is 42.5 Å². The summed E-state index contributed by atoms with van der Waals surface area (Å²) in [4.78, 5) is 14.2. The van der Waals surface area contributed by atoms with Crippen molar-refractivity contribution in [2.45, 2.75) is 17.1 Å². The van der Waals surface area contributed by atoms with Gasteiger partial charge in [0.1, 0.15) is 16.7 Å². The summed E-state index contributed by atoms with van der Waals surface area (Å²) in [6, 6.07) is 25.0. The second-order valence-electron chi connectivity index (χ2n) is 6.00. The number of carbonyl (C=O) groups is 1. The van der Waals surface area contributed by atoms with E-state index in [1.807, 2.05) is 85.8 Å². The minimum absolute atomic E-state index is 0.0980. The molecule has 3 aromatic carbocycles. The number of hydrogen-bond donors (Lipinski definition) is 1. The number of anilines is 1. The predicted molar refractivity (Wildman–Crippen MR) is 114 cm³/mol. The largest absolute Gasteiger partial charge is 0.497 e. The van der Waals surface area contributed by atoms with Crippen molar-refractivity contribution >= 4 is 23.4 Å². The molecule has 0 aliphatic carbocycles. The van der Waals surface area contributed by atoms with Crippen LogP contribution < -0.4 is 14.8 Å². The van der Waals surface area contributed by atoms with Crippen molar-refractivity contribution in [2.75, 3.05) is 19.0 Å². The van der Waals surface area contributed by atoms with E-state index in [4.69, 9.17) is 9.47 Å². The number of amides is 1. The van der Waals surface area contributed by atoms with Crippen molar-refractivity contribution in [1.82, 2.24) is 0 Å². The molecule has 0 heterocycles. The average molecular weight is 394 g/mol. The molecule has 0 spiro atoms. The van der Waals surface area contributed by atoms with Gasteiger partial charge in [0.2, 0.25) is 5.91 Å². The first-order valence-electron chi connectivity index (χ1n) is 9.09. The lowest BCUT2D eigenvalue weighted by atomic mass is 10.1. The number of thioether (sulfide) groups is 1. The second-order valence-corrected chi connectivity index (χ2v) is 7.18. The van der Waals surface area contributed by atoms with Gasteiger partial charge >= 0.3 is 0 Å². The van der Waals surface area contributed by atoms with Gasteiger partial charge in [-0.05, 0) is 48.9 Å². The van der Waals surface area contributed by atoms with E-state index in [0.29, 0.717) is 18.0 Å². The SMILES string of the molecule is CCOc1ccccc1NC(=O)C(Sc1ccc(OC)cc1)c1ccccc1. The second kappa shape index (κ2) is 9.85. The highest BCUT2D eigenvalue weighted by Crippen LogP contribution is 2.37. The molecule has 1 atom stereocenters. The molecule has 28 heavy (non-hydrogen) atoms. The third-order valence-corrected chi connectivity index (χ3v) is 5.36. The standard InChI is InChI=1S/C23H23NO3S/c1-3-27-21-12-8-7-11-20(21)24-23(25)22(17-9-5-4-6-10-17)28-19-15-13-18(26-2)14-16-19/h4-16,22H,3H2,1-2H3,(H,24,25). The summed E-state index contributed by atoms with van der Waals surface area (Å²) in [5.74, 6) is 1.36. The van der Waals surface area contributed by atoms with E-state index in [-0.39, 0.29) is 5.91 Å². The molecule has 4 nitrogen and oxygen atoms in total. The zero-order chi connectivity index (χ0) is 19.8. The fourth-order valence-corrected chi connectivity index (χ4v) is 3.77. The first-order valence-corrected chi connectivity index (χ1v) is 9.97. The fraction of sp³-hybridized carbons (Fsp3) is 0.174. The average Bonchev–Trinajstić information content (AvgIpc) is 2.74. The van der Waals surface area contributed by atoms with Gasteiger partial charge in [-0.15, -0.1) is 11.8 Å². The third kappa shape index (κ3) is 5.08. The van der Waals surface area contributed by atoms with Gasteiger partial charge in [0, 0.05) is 4.90 Å². The molecule has 0 aliphatic rings. The lowest BCUT2D eigenvalue weighted by Gasteiger charge is -2.18. The van der Waals surface area contributed by atoms with Crippen LogP contribution in [0.3, 0.4) is 0 Å². The Hall–Kier alpha value is -2.92. The number of carbonyl (C=O) groups excluding carboxylic acids is 1. The monoisotopic (exact) mass is 393 g/mol. The van der Waals surface area contributed by atoms with Gasteiger partial charge in [-0.2, -0.15) is 0 Å². The molecular weight excluding hydrogens is 370 g/mol. The minimum atomic E-state index is -0.399. The normalized spacial score (nSPS) is 11.5. The zero-order valence-corrected chi connectivity index (χ0v) is 16.7. The van der Waals surface area contributed by atoms with Crippen LogP contribution in [0.2, 0.25) is 0 Å². The van der Waals surface area contributed by atoms with E-state index < -0.39 is 5.25 Å². The highest BCUT2D eigenvalue weighted by molar-refractivity contribution is 8.00. The van der Waals surface area contributed by atoms with Gasteiger partial charge in [0.25, 0.3) is 0 Å². The van der Waals surface area contributed by atoms with Crippen LogP contribution in [0, 0.1) is 0 Å². The summed E-state index contributed by atoms with van der Waals surface area (Å²) in [6.07, 6.45) is 0. The van der Waals surface area contributed by atoms with Crippen molar-refractivity contribution in [1.29, 1.82) is 0 Å². The number of methoxy groups -OCH3 is 1. The molecule has 1 unspecified atom stereocenters. The Morgan fingerprint density at radius 2 is 1.64 bits per heavy atom. The van der Waals surface area contributed by atoms with E-state index in [2.05, 4.69) is 5.32 Å². The molecule has 0 aliphatic heterocycles. The molecule has 3 rings (SSSR count). The van der Waals surface area contributed by atoms with E-state index in [9.17, 15) is 4.79 Å². The molecule has 5 heteroatoms. The topological polar surface area (TPSA) is 47.6 Å². The quantitative estimate of drug-likeness (QED) is 0.509. The molecule has 0 fully saturated rings. The van der Waals surface area contributed by atoms with E-state index in [1.165, 1.54) is 11.8 Å². The maximum atomic E-state index is 13.2. The number of ether oxygens (including phenoxy) is 2. The van der Waals surface area contributed by atoms with Crippen molar-refractivity contribution in [3.8, 4) is 11.5 Å². The van der Waals surface area contributed by atoms with Crippen LogP contribution in [0.1, 0.15) is 17.7 Å². The first kappa shape index (κ1) is 19.8. The van der Waals surface area contributed by atoms with Gasteiger partial charge in [0.15, 0.2) is 0 Å².